The molecule has 162 valence electrons. The Balaban J connectivity index is 1.39. The van der Waals surface area contributed by atoms with Gasteiger partial charge in [0.05, 0.1) is 16.9 Å². The Morgan fingerprint density at radius 1 is 0.969 bits per heavy atom. The highest BCUT2D eigenvalue weighted by atomic mass is 35.5. The van der Waals surface area contributed by atoms with Gasteiger partial charge in [-0.25, -0.2) is 4.98 Å². The van der Waals surface area contributed by atoms with Crippen LogP contribution >= 0.6 is 11.6 Å². The Hall–Kier alpha value is -3.44. The van der Waals surface area contributed by atoms with E-state index in [0.29, 0.717) is 47.4 Å². The summed E-state index contributed by atoms with van der Waals surface area (Å²) in [7, 11) is 0. The number of H-pyrrole nitrogens is 1. The van der Waals surface area contributed by atoms with Gasteiger partial charge in [-0.2, -0.15) is 0 Å². The number of hydrogen-bond donors (Lipinski definition) is 2. The summed E-state index contributed by atoms with van der Waals surface area (Å²) in [5.74, 6) is 0.568. The van der Waals surface area contributed by atoms with Gasteiger partial charge < -0.3 is 10.3 Å². The van der Waals surface area contributed by atoms with E-state index in [2.05, 4.69) is 15.3 Å². The lowest BCUT2D eigenvalue weighted by atomic mass is 9.98. The van der Waals surface area contributed by atoms with Crippen LogP contribution < -0.4 is 10.9 Å². The number of amides is 1. The summed E-state index contributed by atoms with van der Waals surface area (Å²) in [5, 5.41) is 4.42. The maximum absolute atomic E-state index is 12.7. The van der Waals surface area contributed by atoms with E-state index in [1.54, 1.807) is 6.07 Å². The predicted molar refractivity (Wildman–Crippen MR) is 128 cm³/mol. The molecule has 0 radical (unpaired) electrons. The molecule has 0 saturated heterocycles. The highest BCUT2D eigenvalue weighted by Crippen LogP contribution is 2.20. The summed E-state index contributed by atoms with van der Waals surface area (Å²) in [4.78, 5) is 32.3. The highest BCUT2D eigenvalue weighted by molar-refractivity contribution is 6.30. The number of para-hydroxylation sites is 1. The Bertz CT molecular complexity index is 1250. The van der Waals surface area contributed by atoms with Crippen molar-refractivity contribution in [3.05, 3.63) is 111 Å². The fourth-order valence-corrected chi connectivity index (χ4v) is 3.86. The minimum absolute atomic E-state index is 0.0315. The smallest absolute Gasteiger partial charge is 0.258 e. The molecule has 0 aliphatic rings. The summed E-state index contributed by atoms with van der Waals surface area (Å²) < 4.78 is 0. The van der Waals surface area contributed by atoms with Crippen molar-refractivity contribution in [2.45, 2.75) is 31.7 Å². The second-order valence-corrected chi connectivity index (χ2v) is 8.18. The molecule has 1 heterocycles. The molecule has 1 aromatic heterocycles. The molecule has 0 spiro atoms. The molecule has 4 aromatic rings. The third kappa shape index (κ3) is 5.62. The minimum atomic E-state index is -0.151. The number of hydrogen-bond acceptors (Lipinski definition) is 3. The van der Waals surface area contributed by atoms with E-state index >= 15 is 0 Å². The molecule has 2 N–H and O–H groups in total. The van der Waals surface area contributed by atoms with Gasteiger partial charge in [0.25, 0.3) is 5.56 Å². The largest absolute Gasteiger partial charge is 0.349 e. The molecule has 5 nitrogen and oxygen atoms in total. The number of aromatic nitrogens is 2. The normalized spacial score (nSPS) is 11.9. The molecule has 0 aliphatic heterocycles. The number of aromatic amines is 1. The summed E-state index contributed by atoms with van der Waals surface area (Å²) in [6.07, 6.45) is 2.14. The third-order valence-corrected chi connectivity index (χ3v) is 5.62. The first-order valence-electron chi connectivity index (χ1n) is 10.7. The first-order chi connectivity index (χ1) is 15.6. The Labute approximate surface area is 191 Å². The molecule has 1 amide bonds. The zero-order valence-corrected chi connectivity index (χ0v) is 18.3. The van der Waals surface area contributed by atoms with Crippen LogP contribution in [0.15, 0.2) is 83.7 Å². The standard InChI is InChI=1S/C26H24ClN3O2/c27-20-15-13-18(14-16-20)17-23(19-7-2-1-3-8-19)29-25(31)12-6-11-24-28-22-10-5-4-9-21(22)26(32)30-24/h1-5,7-10,13-16,23H,6,11-12,17H2,(H,29,31)(H,28,30,32). The van der Waals surface area contributed by atoms with Gasteiger partial charge in [0, 0.05) is 17.9 Å². The second kappa shape index (κ2) is 10.2. The van der Waals surface area contributed by atoms with E-state index in [4.69, 9.17) is 11.6 Å². The lowest BCUT2D eigenvalue weighted by molar-refractivity contribution is -0.121. The number of carbonyl (C=O) groups is 1. The monoisotopic (exact) mass is 445 g/mol. The average molecular weight is 446 g/mol. The van der Waals surface area contributed by atoms with Crippen LogP contribution in [0.1, 0.15) is 35.8 Å². The van der Waals surface area contributed by atoms with Crippen LogP contribution in [0.3, 0.4) is 0 Å². The maximum atomic E-state index is 12.7. The van der Waals surface area contributed by atoms with Crippen LogP contribution in [0.5, 0.6) is 0 Å². The van der Waals surface area contributed by atoms with Gasteiger partial charge >= 0.3 is 0 Å². The summed E-state index contributed by atoms with van der Waals surface area (Å²) >= 11 is 6.00. The fraction of sp³-hybridized carbons (Fsp3) is 0.192. The SMILES string of the molecule is O=C(CCCc1nc2ccccc2c(=O)[nH]1)NC(Cc1ccc(Cl)cc1)c1ccccc1. The van der Waals surface area contributed by atoms with E-state index < -0.39 is 0 Å². The molecule has 32 heavy (non-hydrogen) atoms. The fourth-order valence-electron chi connectivity index (χ4n) is 3.73. The molecular weight excluding hydrogens is 422 g/mol. The van der Waals surface area contributed by atoms with Crippen molar-refractivity contribution in [3.8, 4) is 0 Å². The van der Waals surface area contributed by atoms with Crippen molar-refractivity contribution in [1.29, 1.82) is 0 Å². The van der Waals surface area contributed by atoms with Crippen LogP contribution in [-0.2, 0) is 17.6 Å². The van der Waals surface area contributed by atoms with E-state index in [9.17, 15) is 9.59 Å². The van der Waals surface area contributed by atoms with Crippen LogP contribution in [0, 0.1) is 0 Å². The van der Waals surface area contributed by atoms with E-state index in [0.717, 1.165) is 11.1 Å². The predicted octanol–water partition coefficient (Wildman–Crippen LogP) is 5.00. The molecule has 1 atom stereocenters. The zero-order chi connectivity index (χ0) is 22.3. The molecule has 0 fully saturated rings. The van der Waals surface area contributed by atoms with Crippen LogP contribution in [0.25, 0.3) is 10.9 Å². The minimum Gasteiger partial charge on any atom is -0.349 e. The lowest BCUT2D eigenvalue weighted by Crippen LogP contribution is -2.30. The van der Waals surface area contributed by atoms with Crippen LogP contribution in [0.4, 0.5) is 0 Å². The number of nitrogens with one attached hydrogen (secondary N) is 2. The summed E-state index contributed by atoms with van der Waals surface area (Å²) in [6.45, 7) is 0. The number of benzene rings is 3. The highest BCUT2D eigenvalue weighted by Gasteiger charge is 2.15. The maximum Gasteiger partial charge on any atom is 0.258 e. The van der Waals surface area contributed by atoms with Crippen molar-refractivity contribution in [3.63, 3.8) is 0 Å². The van der Waals surface area contributed by atoms with Gasteiger partial charge in [-0.3, -0.25) is 9.59 Å². The van der Waals surface area contributed by atoms with Gasteiger partial charge in [-0.15, -0.1) is 0 Å². The lowest BCUT2D eigenvalue weighted by Gasteiger charge is -2.20. The van der Waals surface area contributed by atoms with Crippen molar-refractivity contribution >= 4 is 28.4 Å². The van der Waals surface area contributed by atoms with Crippen molar-refractivity contribution in [2.24, 2.45) is 0 Å². The molecule has 4 rings (SSSR count). The van der Waals surface area contributed by atoms with Gasteiger partial charge in [0.15, 0.2) is 0 Å². The van der Waals surface area contributed by atoms with Gasteiger partial charge in [0.2, 0.25) is 5.91 Å². The van der Waals surface area contributed by atoms with Gasteiger partial charge in [0.1, 0.15) is 5.82 Å². The first-order valence-corrected chi connectivity index (χ1v) is 11.0. The summed E-state index contributed by atoms with van der Waals surface area (Å²) in [5.41, 5.74) is 2.67. The topological polar surface area (TPSA) is 74.8 Å². The Kier molecular flexibility index (Phi) is 6.97. The zero-order valence-electron chi connectivity index (χ0n) is 17.6. The summed E-state index contributed by atoms with van der Waals surface area (Å²) in [6, 6.07) is 24.7. The van der Waals surface area contributed by atoms with Gasteiger partial charge in [-0.1, -0.05) is 66.2 Å². The molecule has 0 bridgehead atoms. The molecule has 3 aromatic carbocycles. The van der Waals surface area contributed by atoms with E-state index in [1.807, 2.05) is 72.8 Å². The number of aryl methyl sites for hydroxylation is 1. The Morgan fingerprint density at radius 2 is 1.69 bits per heavy atom. The average Bonchev–Trinajstić information content (AvgIpc) is 2.81. The van der Waals surface area contributed by atoms with Crippen molar-refractivity contribution < 1.29 is 4.79 Å². The second-order valence-electron chi connectivity index (χ2n) is 7.74. The number of fused-ring (bicyclic) bond motifs is 1. The molecular formula is C26H24ClN3O2. The third-order valence-electron chi connectivity index (χ3n) is 5.37. The van der Waals surface area contributed by atoms with Crippen molar-refractivity contribution in [1.82, 2.24) is 15.3 Å². The first kappa shape index (κ1) is 21.8. The van der Waals surface area contributed by atoms with Crippen molar-refractivity contribution in [2.75, 3.05) is 0 Å². The quantitative estimate of drug-likeness (QED) is 0.400. The molecule has 6 heteroatoms. The molecule has 0 saturated carbocycles. The van der Waals surface area contributed by atoms with Crippen LogP contribution in [0.2, 0.25) is 5.02 Å². The number of carbonyl (C=O) groups excluding carboxylic acids is 1. The van der Waals surface area contributed by atoms with Crippen LogP contribution in [-0.4, -0.2) is 15.9 Å². The van der Waals surface area contributed by atoms with E-state index in [-0.39, 0.29) is 17.5 Å². The van der Waals surface area contributed by atoms with E-state index in [1.165, 1.54) is 0 Å². The van der Waals surface area contributed by atoms with Gasteiger partial charge in [-0.05, 0) is 48.2 Å². The molecule has 1 unspecified atom stereocenters. The number of rotatable bonds is 8. The number of nitrogens with zero attached hydrogens (tertiary/aromatic N) is 1. The number of halogens is 1. The molecule has 0 aliphatic carbocycles. The Morgan fingerprint density at radius 3 is 2.47 bits per heavy atom.